The van der Waals surface area contributed by atoms with Gasteiger partial charge in [0.25, 0.3) is 0 Å². The first-order valence-electron chi connectivity index (χ1n) is 6.52. The van der Waals surface area contributed by atoms with Crippen molar-refractivity contribution in [2.75, 3.05) is 11.9 Å². The van der Waals surface area contributed by atoms with Gasteiger partial charge in [-0.25, -0.2) is 0 Å². The summed E-state index contributed by atoms with van der Waals surface area (Å²) < 4.78 is 5.56. The summed E-state index contributed by atoms with van der Waals surface area (Å²) >= 11 is 1.56. The van der Waals surface area contributed by atoms with Crippen molar-refractivity contribution in [3.05, 3.63) is 24.3 Å². The van der Waals surface area contributed by atoms with Gasteiger partial charge in [-0.05, 0) is 44.5 Å². The Hall–Kier alpha value is -1.62. The van der Waals surface area contributed by atoms with Gasteiger partial charge >= 0.3 is 0 Å². The average Bonchev–Trinajstić information content (AvgIpc) is 2.84. The molecular formula is C14H19N3OS. The first-order chi connectivity index (χ1) is 9.19. The number of aromatic nitrogens is 2. The molecule has 0 fully saturated rings. The molecule has 0 radical (unpaired) electrons. The maximum absolute atomic E-state index is 5.56. The van der Waals surface area contributed by atoms with Gasteiger partial charge in [-0.1, -0.05) is 18.3 Å². The van der Waals surface area contributed by atoms with E-state index < -0.39 is 0 Å². The van der Waals surface area contributed by atoms with E-state index in [9.17, 15) is 0 Å². The first kappa shape index (κ1) is 13.8. The second kappa shape index (κ2) is 6.52. The fourth-order valence-corrected chi connectivity index (χ4v) is 2.45. The summed E-state index contributed by atoms with van der Waals surface area (Å²) in [4.78, 5) is 0. The summed E-state index contributed by atoms with van der Waals surface area (Å²) in [6.07, 6.45) is 1.02. The second-order valence-electron chi connectivity index (χ2n) is 4.58. The van der Waals surface area contributed by atoms with E-state index in [-0.39, 0.29) is 0 Å². The number of ether oxygens (including phenoxy) is 1. The van der Waals surface area contributed by atoms with Gasteiger partial charge in [0.1, 0.15) is 10.8 Å². The molecule has 0 aliphatic carbocycles. The Morgan fingerprint density at radius 1 is 1.21 bits per heavy atom. The molecule has 0 amide bonds. The van der Waals surface area contributed by atoms with Gasteiger partial charge in [0.2, 0.25) is 5.13 Å². The molecule has 102 valence electrons. The van der Waals surface area contributed by atoms with Crippen molar-refractivity contribution in [2.24, 2.45) is 0 Å². The van der Waals surface area contributed by atoms with Crippen LogP contribution in [0.15, 0.2) is 24.3 Å². The Morgan fingerprint density at radius 3 is 2.58 bits per heavy atom. The molecule has 0 saturated carbocycles. The van der Waals surface area contributed by atoms with E-state index in [0.29, 0.717) is 6.04 Å². The Labute approximate surface area is 117 Å². The van der Waals surface area contributed by atoms with E-state index in [2.05, 4.69) is 36.3 Å². The van der Waals surface area contributed by atoms with Crippen molar-refractivity contribution < 1.29 is 4.74 Å². The Balaban J connectivity index is 2.07. The first-order valence-corrected chi connectivity index (χ1v) is 7.34. The topological polar surface area (TPSA) is 47.0 Å². The van der Waals surface area contributed by atoms with E-state index in [1.54, 1.807) is 11.3 Å². The van der Waals surface area contributed by atoms with E-state index in [0.717, 1.165) is 34.5 Å². The monoisotopic (exact) mass is 277 g/mol. The highest BCUT2D eigenvalue weighted by Crippen LogP contribution is 2.28. The zero-order chi connectivity index (χ0) is 13.7. The third kappa shape index (κ3) is 3.92. The molecule has 0 unspecified atom stereocenters. The van der Waals surface area contributed by atoms with Gasteiger partial charge in [-0.3, -0.25) is 0 Å². The molecule has 1 aromatic carbocycles. The van der Waals surface area contributed by atoms with E-state index in [1.807, 2.05) is 24.3 Å². The van der Waals surface area contributed by atoms with Crippen LogP contribution < -0.4 is 10.1 Å². The molecule has 19 heavy (non-hydrogen) atoms. The Morgan fingerprint density at radius 2 is 1.95 bits per heavy atom. The number of hydrogen-bond donors (Lipinski definition) is 1. The van der Waals surface area contributed by atoms with Crippen molar-refractivity contribution >= 4 is 16.5 Å². The maximum atomic E-state index is 5.56. The lowest BCUT2D eigenvalue weighted by Gasteiger charge is -2.04. The van der Waals surface area contributed by atoms with E-state index in [1.165, 1.54) is 0 Å². The molecule has 5 heteroatoms. The van der Waals surface area contributed by atoms with Gasteiger partial charge in [-0.15, -0.1) is 10.2 Å². The third-order valence-corrected chi connectivity index (χ3v) is 3.31. The summed E-state index contributed by atoms with van der Waals surface area (Å²) in [6, 6.07) is 8.35. The van der Waals surface area contributed by atoms with Crippen molar-refractivity contribution in [1.29, 1.82) is 0 Å². The largest absolute Gasteiger partial charge is 0.494 e. The Kier molecular flexibility index (Phi) is 4.74. The molecule has 4 nitrogen and oxygen atoms in total. The highest BCUT2D eigenvalue weighted by molar-refractivity contribution is 7.18. The van der Waals surface area contributed by atoms with Crippen LogP contribution in [0.25, 0.3) is 10.6 Å². The van der Waals surface area contributed by atoms with Crippen LogP contribution in [-0.2, 0) is 0 Å². The molecule has 1 aromatic heterocycles. The van der Waals surface area contributed by atoms with Gasteiger partial charge in [-0.2, -0.15) is 0 Å². The fraction of sp³-hybridized carbons (Fsp3) is 0.429. The molecule has 2 aromatic rings. The minimum Gasteiger partial charge on any atom is -0.494 e. The summed E-state index contributed by atoms with van der Waals surface area (Å²) in [5, 5.41) is 13.4. The number of hydrogen-bond acceptors (Lipinski definition) is 5. The summed E-state index contributed by atoms with van der Waals surface area (Å²) in [6.45, 7) is 7.02. The summed E-state index contributed by atoms with van der Waals surface area (Å²) in [5.74, 6) is 0.899. The predicted molar refractivity (Wildman–Crippen MR) is 79.9 cm³/mol. The number of nitrogens with one attached hydrogen (secondary N) is 1. The van der Waals surface area contributed by atoms with Crippen LogP contribution in [0.4, 0.5) is 5.13 Å². The predicted octanol–water partition coefficient (Wildman–Crippen LogP) is 3.81. The molecule has 0 bridgehead atoms. The number of rotatable bonds is 6. The lowest BCUT2D eigenvalue weighted by molar-refractivity contribution is 0.317. The maximum Gasteiger partial charge on any atom is 0.206 e. The minimum absolute atomic E-state index is 0.366. The lowest BCUT2D eigenvalue weighted by atomic mass is 10.2. The SMILES string of the molecule is CCCOc1ccc(-c2nnc(NC(C)C)s2)cc1. The van der Waals surface area contributed by atoms with Crippen LogP contribution in [0.2, 0.25) is 0 Å². The molecule has 0 spiro atoms. The quantitative estimate of drug-likeness (QED) is 0.872. The summed E-state index contributed by atoms with van der Waals surface area (Å²) in [7, 11) is 0. The molecule has 0 saturated heterocycles. The fourth-order valence-electron chi connectivity index (χ4n) is 1.56. The van der Waals surface area contributed by atoms with Gasteiger partial charge in [0, 0.05) is 11.6 Å². The standard InChI is InChI=1S/C14H19N3OS/c1-4-9-18-12-7-5-11(6-8-12)13-16-17-14(19-13)15-10(2)3/h5-8,10H,4,9H2,1-3H3,(H,15,17). The van der Waals surface area contributed by atoms with Crippen molar-refractivity contribution in [3.63, 3.8) is 0 Å². The van der Waals surface area contributed by atoms with Crippen LogP contribution in [0.1, 0.15) is 27.2 Å². The molecule has 1 N–H and O–H groups in total. The smallest absolute Gasteiger partial charge is 0.206 e. The second-order valence-corrected chi connectivity index (χ2v) is 5.56. The van der Waals surface area contributed by atoms with Gasteiger partial charge in [0.15, 0.2) is 0 Å². The van der Waals surface area contributed by atoms with Crippen LogP contribution in [0, 0.1) is 0 Å². The lowest BCUT2D eigenvalue weighted by Crippen LogP contribution is -2.08. The van der Waals surface area contributed by atoms with Crippen LogP contribution in [0.3, 0.4) is 0 Å². The number of nitrogens with zero attached hydrogens (tertiary/aromatic N) is 2. The van der Waals surface area contributed by atoms with Gasteiger partial charge in [0.05, 0.1) is 6.61 Å². The zero-order valence-electron chi connectivity index (χ0n) is 11.5. The van der Waals surface area contributed by atoms with Gasteiger partial charge < -0.3 is 10.1 Å². The number of anilines is 1. The third-order valence-electron chi connectivity index (χ3n) is 2.41. The van der Waals surface area contributed by atoms with Crippen LogP contribution in [0.5, 0.6) is 5.75 Å². The highest BCUT2D eigenvalue weighted by Gasteiger charge is 2.07. The van der Waals surface area contributed by atoms with E-state index in [4.69, 9.17) is 4.74 Å². The van der Waals surface area contributed by atoms with E-state index >= 15 is 0 Å². The van der Waals surface area contributed by atoms with Crippen LogP contribution in [-0.4, -0.2) is 22.8 Å². The van der Waals surface area contributed by atoms with Crippen molar-refractivity contribution in [1.82, 2.24) is 10.2 Å². The van der Waals surface area contributed by atoms with Crippen LogP contribution >= 0.6 is 11.3 Å². The highest BCUT2D eigenvalue weighted by atomic mass is 32.1. The molecule has 2 rings (SSSR count). The average molecular weight is 277 g/mol. The molecule has 0 aliphatic heterocycles. The molecule has 0 aliphatic rings. The molecule has 0 atom stereocenters. The summed E-state index contributed by atoms with van der Waals surface area (Å²) in [5.41, 5.74) is 1.07. The van der Waals surface area contributed by atoms with Crippen molar-refractivity contribution in [3.8, 4) is 16.3 Å². The Bertz CT molecular complexity index is 508. The zero-order valence-corrected chi connectivity index (χ0v) is 12.3. The molecular weight excluding hydrogens is 258 g/mol. The normalized spacial score (nSPS) is 10.7. The van der Waals surface area contributed by atoms with Crippen molar-refractivity contribution in [2.45, 2.75) is 33.2 Å². The molecule has 1 heterocycles. The minimum atomic E-state index is 0.366. The number of benzene rings is 1.